The minimum absolute atomic E-state index is 0. The molecule has 1 aliphatic rings. The molecule has 1 saturated carbocycles. The molecule has 1 aliphatic carbocycles. The van der Waals surface area contributed by atoms with Gasteiger partial charge >= 0.3 is 33.9 Å². The fraction of sp³-hybridized carbons (Fsp3) is 0.308. The van der Waals surface area contributed by atoms with Gasteiger partial charge in [-0.3, -0.25) is 0 Å². The smallest absolute Gasteiger partial charge is 0 e. The van der Waals surface area contributed by atoms with Gasteiger partial charge < -0.3 is 4.74 Å². The standard InChI is InChI=1S/C10H12O.3CO.Cr/c1-11-10-7-9(10)8-5-3-2-4-6-8;3*1-2;/h2-6,9-10H,7H2,1H3;;;;. The van der Waals surface area contributed by atoms with Crippen LogP contribution in [-0.4, -0.2) is 13.2 Å². The van der Waals surface area contributed by atoms with Crippen LogP contribution in [0.15, 0.2) is 30.3 Å². The first kappa shape index (κ1) is 22.1. The van der Waals surface area contributed by atoms with E-state index < -0.39 is 0 Å². The molecule has 0 spiro atoms. The normalized spacial score (nSPS) is 17.7. The second-order valence-electron chi connectivity index (χ2n) is 3.03. The third-order valence-corrected chi connectivity index (χ3v) is 2.26. The zero-order chi connectivity index (χ0) is 13.7. The van der Waals surface area contributed by atoms with Gasteiger partial charge in [0.05, 0.1) is 6.10 Å². The monoisotopic (exact) mass is 284 g/mol. The van der Waals surface area contributed by atoms with E-state index in [2.05, 4.69) is 44.2 Å². The van der Waals surface area contributed by atoms with Gasteiger partial charge in [0, 0.05) is 30.4 Å². The van der Waals surface area contributed by atoms with E-state index in [1.165, 1.54) is 12.0 Å². The maximum absolute atomic E-state index is 7.50. The minimum Gasteiger partial charge on any atom is 0 e. The van der Waals surface area contributed by atoms with Crippen LogP contribution in [0.25, 0.3) is 0 Å². The summed E-state index contributed by atoms with van der Waals surface area (Å²) in [5.74, 6) is 0.668. The molecule has 5 heteroatoms. The third kappa shape index (κ3) is 8.09. The number of rotatable bonds is 2. The predicted molar refractivity (Wildman–Crippen MR) is 56.4 cm³/mol. The molecule has 0 heterocycles. The van der Waals surface area contributed by atoms with Crippen molar-refractivity contribution in [1.82, 2.24) is 0 Å². The molecule has 0 saturated heterocycles. The largest absolute Gasteiger partial charge is 0 e. The van der Waals surface area contributed by atoms with Crippen molar-refractivity contribution >= 4 is 0 Å². The van der Waals surface area contributed by atoms with Crippen molar-refractivity contribution in [3.8, 4) is 0 Å². The fourth-order valence-electron chi connectivity index (χ4n) is 1.48. The Kier molecular flexibility index (Phi) is 19.6. The molecule has 4 nitrogen and oxygen atoms in total. The Morgan fingerprint density at radius 2 is 1.44 bits per heavy atom. The van der Waals surface area contributed by atoms with Crippen molar-refractivity contribution in [3.05, 3.63) is 55.8 Å². The van der Waals surface area contributed by atoms with Crippen molar-refractivity contribution in [2.45, 2.75) is 18.4 Å². The molecular weight excluding hydrogens is 272 g/mol. The summed E-state index contributed by atoms with van der Waals surface area (Å²) in [6.07, 6.45) is 1.68. The number of ether oxygens (including phenoxy) is 1. The average Bonchev–Trinajstić information content (AvgIpc) is 3.26. The second kappa shape index (κ2) is 15.9. The molecule has 0 N–H and O–H groups in total. The van der Waals surface area contributed by atoms with Crippen LogP contribution in [0.4, 0.5) is 0 Å². The zero-order valence-corrected chi connectivity index (χ0v) is 11.1. The predicted octanol–water partition coefficient (Wildman–Crippen LogP) is 2.07. The summed E-state index contributed by atoms with van der Waals surface area (Å²) in [4.78, 5) is 0. The van der Waals surface area contributed by atoms with E-state index in [-0.39, 0.29) is 17.4 Å². The Labute approximate surface area is 118 Å². The Morgan fingerprint density at radius 1 is 1.00 bits per heavy atom. The van der Waals surface area contributed by atoms with Crippen molar-refractivity contribution in [2.24, 2.45) is 0 Å². The molecule has 0 aromatic heterocycles. The van der Waals surface area contributed by atoms with Gasteiger partial charge in [0.2, 0.25) is 0 Å². The van der Waals surface area contributed by atoms with Gasteiger partial charge in [-0.15, -0.1) is 0 Å². The zero-order valence-electron chi connectivity index (χ0n) is 9.79. The summed E-state index contributed by atoms with van der Waals surface area (Å²) in [7, 11) is 1.79. The van der Waals surface area contributed by atoms with E-state index in [0.29, 0.717) is 12.0 Å². The van der Waals surface area contributed by atoms with Crippen LogP contribution in [0, 0.1) is 20.0 Å². The van der Waals surface area contributed by atoms with Gasteiger partial charge in [-0.05, 0) is 12.0 Å². The van der Waals surface area contributed by atoms with E-state index in [9.17, 15) is 0 Å². The number of hydrogen-bond donors (Lipinski definition) is 0. The first-order valence-electron chi connectivity index (χ1n) is 4.61. The maximum Gasteiger partial charge on any atom is 0 e. The van der Waals surface area contributed by atoms with E-state index in [1.54, 1.807) is 7.11 Å². The average molecular weight is 284 g/mol. The van der Waals surface area contributed by atoms with Crippen LogP contribution in [0.1, 0.15) is 17.9 Å². The number of benzene rings is 1. The number of methoxy groups -OCH3 is 1. The van der Waals surface area contributed by atoms with E-state index in [0.717, 1.165) is 0 Å². The summed E-state index contributed by atoms with van der Waals surface area (Å²) in [5.41, 5.74) is 1.42. The van der Waals surface area contributed by atoms with Crippen LogP contribution in [-0.2, 0) is 36.1 Å². The van der Waals surface area contributed by atoms with Crippen LogP contribution >= 0.6 is 0 Å². The molecule has 1 fully saturated rings. The molecule has 0 radical (unpaired) electrons. The van der Waals surface area contributed by atoms with Crippen LogP contribution in [0.5, 0.6) is 0 Å². The molecule has 1 aromatic carbocycles. The van der Waals surface area contributed by atoms with Gasteiger partial charge in [-0.2, -0.15) is 0 Å². The molecule has 0 aliphatic heterocycles. The Bertz CT molecular complexity index is 331. The SMILES string of the molecule is COC1CC1c1ccccc1.[C-]#[O+].[C-]#[O+].[C-]#[O+].[Cr]. The first-order chi connectivity index (χ1) is 8.42. The van der Waals surface area contributed by atoms with Crippen molar-refractivity contribution in [2.75, 3.05) is 7.11 Å². The van der Waals surface area contributed by atoms with Crippen LogP contribution in [0.3, 0.4) is 0 Å². The van der Waals surface area contributed by atoms with Crippen molar-refractivity contribution in [3.63, 3.8) is 0 Å². The molecule has 0 bridgehead atoms. The van der Waals surface area contributed by atoms with E-state index >= 15 is 0 Å². The Balaban J connectivity index is -0.000000285. The molecule has 0 amide bonds. The summed E-state index contributed by atoms with van der Waals surface area (Å²) in [5, 5.41) is 0. The first-order valence-corrected chi connectivity index (χ1v) is 4.61. The van der Waals surface area contributed by atoms with Gasteiger partial charge in [0.1, 0.15) is 0 Å². The second-order valence-corrected chi connectivity index (χ2v) is 3.03. The molecule has 2 atom stereocenters. The fourth-order valence-corrected chi connectivity index (χ4v) is 1.48. The third-order valence-electron chi connectivity index (χ3n) is 2.26. The summed E-state index contributed by atoms with van der Waals surface area (Å²) in [6.45, 7) is 13.5. The van der Waals surface area contributed by atoms with E-state index in [1.807, 2.05) is 6.07 Å². The topological polar surface area (TPSA) is 68.9 Å². The molecule has 1 aromatic rings. The summed E-state index contributed by atoms with van der Waals surface area (Å²) < 4.78 is 27.7. The molecule has 94 valence electrons. The van der Waals surface area contributed by atoms with Gasteiger partial charge in [0.15, 0.2) is 0 Å². The maximum atomic E-state index is 7.50. The van der Waals surface area contributed by atoms with Gasteiger partial charge in [-0.1, -0.05) is 30.3 Å². The molecule has 2 rings (SSSR count). The Morgan fingerprint density at radius 3 is 1.78 bits per heavy atom. The van der Waals surface area contributed by atoms with Gasteiger partial charge in [-0.25, -0.2) is 0 Å². The van der Waals surface area contributed by atoms with Gasteiger partial charge in [0.25, 0.3) is 0 Å². The number of hydrogen-bond acceptors (Lipinski definition) is 1. The van der Waals surface area contributed by atoms with Crippen molar-refractivity contribution in [1.29, 1.82) is 0 Å². The van der Waals surface area contributed by atoms with Crippen LogP contribution in [0.2, 0.25) is 0 Å². The molecular formula is C13H12CrO4. The van der Waals surface area contributed by atoms with Crippen molar-refractivity contribution < 1.29 is 36.1 Å². The Hall–Kier alpha value is -1.07. The van der Waals surface area contributed by atoms with E-state index in [4.69, 9.17) is 18.7 Å². The quantitative estimate of drug-likeness (QED) is 0.605. The minimum atomic E-state index is 0. The summed E-state index contributed by atoms with van der Waals surface area (Å²) in [6, 6.07) is 10.6. The molecule has 2 unspecified atom stereocenters. The summed E-state index contributed by atoms with van der Waals surface area (Å²) >= 11 is 0. The van der Waals surface area contributed by atoms with Crippen LogP contribution < -0.4 is 0 Å². The molecule has 18 heavy (non-hydrogen) atoms.